The number of Topliss-reactive ketones (excluding diaryl/α,β-unsaturated/α-hetero) is 1. The summed E-state index contributed by atoms with van der Waals surface area (Å²) >= 11 is 0. The first-order valence-corrected chi connectivity index (χ1v) is 6.83. The lowest BCUT2D eigenvalue weighted by molar-refractivity contribution is -0.121. The number of nitriles is 1. The van der Waals surface area contributed by atoms with Crippen molar-refractivity contribution in [3.8, 4) is 11.8 Å². The van der Waals surface area contributed by atoms with Crippen LogP contribution in [0.4, 0.5) is 0 Å². The van der Waals surface area contributed by atoms with Crippen LogP contribution in [-0.4, -0.2) is 22.4 Å². The van der Waals surface area contributed by atoms with Crippen LogP contribution >= 0.6 is 0 Å². The summed E-state index contributed by atoms with van der Waals surface area (Å²) in [7, 11) is 0. The van der Waals surface area contributed by atoms with Crippen molar-refractivity contribution in [1.29, 1.82) is 5.26 Å². The highest BCUT2D eigenvalue weighted by atomic mass is 16.5. The summed E-state index contributed by atoms with van der Waals surface area (Å²) in [6, 6.07) is 18.4. The molecule has 1 heterocycles. The number of ketones is 1. The summed E-state index contributed by atoms with van der Waals surface area (Å²) in [6.07, 6.45) is 0. The fourth-order valence-electron chi connectivity index (χ4n) is 2.15. The Hall–Kier alpha value is -3.13. The van der Waals surface area contributed by atoms with Gasteiger partial charge in [-0.25, -0.2) is 4.98 Å². The van der Waals surface area contributed by atoms with Crippen molar-refractivity contribution in [2.24, 2.45) is 0 Å². The van der Waals surface area contributed by atoms with Gasteiger partial charge in [0.05, 0.1) is 17.1 Å². The van der Waals surface area contributed by atoms with Crippen molar-refractivity contribution in [2.45, 2.75) is 5.92 Å². The number of para-hydroxylation sites is 3. The molecule has 1 N–H and O–H groups in total. The van der Waals surface area contributed by atoms with Crippen LogP contribution in [0, 0.1) is 11.3 Å². The molecule has 0 spiro atoms. The van der Waals surface area contributed by atoms with Gasteiger partial charge >= 0.3 is 0 Å². The molecule has 0 aliphatic heterocycles. The van der Waals surface area contributed by atoms with Crippen LogP contribution in [0.5, 0.6) is 5.75 Å². The van der Waals surface area contributed by atoms with Gasteiger partial charge in [0.25, 0.3) is 0 Å². The minimum atomic E-state index is -0.962. The third kappa shape index (κ3) is 2.81. The Morgan fingerprint density at radius 2 is 1.91 bits per heavy atom. The lowest BCUT2D eigenvalue weighted by Crippen LogP contribution is -2.20. The monoisotopic (exact) mass is 291 g/mol. The van der Waals surface area contributed by atoms with E-state index in [0.717, 1.165) is 11.0 Å². The molecule has 0 saturated heterocycles. The van der Waals surface area contributed by atoms with Gasteiger partial charge < -0.3 is 9.72 Å². The van der Waals surface area contributed by atoms with E-state index in [-0.39, 0.29) is 12.4 Å². The number of benzene rings is 2. The van der Waals surface area contributed by atoms with Gasteiger partial charge in [-0.3, -0.25) is 4.79 Å². The van der Waals surface area contributed by atoms with E-state index in [1.54, 1.807) is 12.1 Å². The standard InChI is InChI=1S/C17H13N3O2/c18-10-13(16(21)11-22-12-6-2-1-3-7-12)17-19-14-8-4-5-9-15(14)20-17/h1-9,13H,11H2,(H,19,20)/t13-/m0/s1. The predicted molar refractivity (Wildman–Crippen MR) is 81.4 cm³/mol. The molecule has 2 aromatic carbocycles. The summed E-state index contributed by atoms with van der Waals surface area (Å²) in [5.41, 5.74) is 1.53. The average Bonchev–Trinajstić information content (AvgIpc) is 2.98. The summed E-state index contributed by atoms with van der Waals surface area (Å²) < 4.78 is 5.40. The fourth-order valence-corrected chi connectivity index (χ4v) is 2.15. The Morgan fingerprint density at radius 1 is 1.18 bits per heavy atom. The number of carbonyl (C=O) groups excluding carboxylic acids is 1. The first kappa shape index (κ1) is 13.8. The first-order chi connectivity index (χ1) is 10.8. The van der Waals surface area contributed by atoms with Gasteiger partial charge in [0.2, 0.25) is 0 Å². The molecule has 0 unspecified atom stereocenters. The Morgan fingerprint density at radius 3 is 2.64 bits per heavy atom. The van der Waals surface area contributed by atoms with Gasteiger partial charge in [-0.15, -0.1) is 0 Å². The van der Waals surface area contributed by atoms with Crippen LogP contribution in [0.1, 0.15) is 11.7 Å². The van der Waals surface area contributed by atoms with E-state index in [1.165, 1.54) is 0 Å². The van der Waals surface area contributed by atoms with Gasteiger partial charge in [0.1, 0.15) is 18.2 Å². The minimum Gasteiger partial charge on any atom is -0.486 e. The molecule has 0 saturated carbocycles. The molecule has 0 aliphatic rings. The number of imidazole rings is 1. The van der Waals surface area contributed by atoms with Crippen molar-refractivity contribution >= 4 is 16.8 Å². The molecule has 1 aromatic heterocycles. The number of hydrogen-bond donors (Lipinski definition) is 1. The lowest BCUT2D eigenvalue weighted by Gasteiger charge is -2.07. The maximum atomic E-state index is 12.2. The number of carbonyl (C=O) groups is 1. The normalized spacial score (nSPS) is 11.8. The quantitative estimate of drug-likeness (QED) is 0.784. The molecule has 0 fully saturated rings. The van der Waals surface area contributed by atoms with Crippen molar-refractivity contribution < 1.29 is 9.53 Å². The van der Waals surface area contributed by atoms with Crippen molar-refractivity contribution in [3.63, 3.8) is 0 Å². The molecule has 0 radical (unpaired) electrons. The van der Waals surface area contributed by atoms with Crippen LogP contribution in [0.25, 0.3) is 11.0 Å². The van der Waals surface area contributed by atoms with E-state index in [1.807, 2.05) is 48.5 Å². The molecular formula is C17H13N3O2. The van der Waals surface area contributed by atoms with Gasteiger partial charge in [0, 0.05) is 0 Å². The van der Waals surface area contributed by atoms with Gasteiger partial charge in [-0.2, -0.15) is 5.26 Å². The number of aromatic amines is 1. The van der Waals surface area contributed by atoms with Crippen LogP contribution < -0.4 is 4.74 Å². The minimum absolute atomic E-state index is 0.167. The van der Waals surface area contributed by atoms with Gasteiger partial charge in [-0.05, 0) is 24.3 Å². The predicted octanol–water partition coefficient (Wildman–Crippen LogP) is 2.82. The summed E-state index contributed by atoms with van der Waals surface area (Å²) in [5.74, 6) is -0.343. The molecule has 0 aliphatic carbocycles. The van der Waals surface area contributed by atoms with E-state index in [0.29, 0.717) is 11.6 Å². The summed E-state index contributed by atoms with van der Waals surface area (Å²) in [5, 5.41) is 9.29. The maximum absolute atomic E-state index is 12.2. The molecule has 108 valence electrons. The van der Waals surface area contributed by atoms with Gasteiger partial charge in [-0.1, -0.05) is 30.3 Å². The fraction of sp³-hybridized carbons (Fsp3) is 0.118. The molecule has 5 heteroatoms. The number of aromatic nitrogens is 2. The lowest BCUT2D eigenvalue weighted by atomic mass is 10.1. The number of H-pyrrole nitrogens is 1. The highest BCUT2D eigenvalue weighted by Gasteiger charge is 2.24. The van der Waals surface area contributed by atoms with Crippen LogP contribution in [0.2, 0.25) is 0 Å². The number of nitrogens with one attached hydrogen (secondary N) is 1. The van der Waals surface area contributed by atoms with E-state index in [4.69, 9.17) is 4.74 Å². The Bertz CT molecular complexity index is 801. The molecule has 22 heavy (non-hydrogen) atoms. The third-order valence-corrected chi connectivity index (χ3v) is 3.26. The highest BCUT2D eigenvalue weighted by Crippen LogP contribution is 2.18. The molecule has 0 bridgehead atoms. The number of nitrogens with zero attached hydrogens (tertiary/aromatic N) is 2. The first-order valence-electron chi connectivity index (χ1n) is 6.83. The van der Waals surface area contributed by atoms with Crippen molar-refractivity contribution in [1.82, 2.24) is 9.97 Å². The van der Waals surface area contributed by atoms with E-state index in [9.17, 15) is 10.1 Å². The smallest absolute Gasteiger partial charge is 0.194 e. The number of ether oxygens (including phenoxy) is 1. The Kier molecular flexibility index (Phi) is 3.84. The summed E-state index contributed by atoms with van der Waals surface area (Å²) in [4.78, 5) is 19.5. The van der Waals surface area contributed by atoms with Crippen LogP contribution in [0.3, 0.4) is 0 Å². The second-order valence-electron chi connectivity index (χ2n) is 4.77. The highest BCUT2D eigenvalue weighted by molar-refractivity contribution is 5.90. The third-order valence-electron chi connectivity index (χ3n) is 3.26. The van der Waals surface area contributed by atoms with Crippen molar-refractivity contribution in [3.05, 3.63) is 60.4 Å². The van der Waals surface area contributed by atoms with Crippen molar-refractivity contribution in [2.75, 3.05) is 6.61 Å². The Labute approximate surface area is 127 Å². The zero-order valence-electron chi connectivity index (χ0n) is 11.7. The molecular weight excluding hydrogens is 278 g/mol. The van der Waals surface area contributed by atoms with E-state index >= 15 is 0 Å². The maximum Gasteiger partial charge on any atom is 0.194 e. The topological polar surface area (TPSA) is 78.8 Å². The number of rotatable bonds is 5. The molecule has 1 atom stereocenters. The average molecular weight is 291 g/mol. The molecule has 5 nitrogen and oxygen atoms in total. The Balaban J connectivity index is 1.76. The van der Waals surface area contributed by atoms with Gasteiger partial charge in [0.15, 0.2) is 11.7 Å². The van der Waals surface area contributed by atoms with E-state index in [2.05, 4.69) is 9.97 Å². The SMILES string of the molecule is N#C[C@@H](C(=O)COc1ccccc1)c1nc2ccccc2[nH]1. The number of fused-ring (bicyclic) bond motifs is 1. The van der Waals surface area contributed by atoms with Crippen LogP contribution in [0.15, 0.2) is 54.6 Å². The summed E-state index contributed by atoms with van der Waals surface area (Å²) in [6.45, 7) is -0.167. The second-order valence-corrected chi connectivity index (χ2v) is 4.77. The van der Waals surface area contributed by atoms with Crippen LogP contribution in [-0.2, 0) is 4.79 Å². The molecule has 3 aromatic rings. The second kappa shape index (κ2) is 6.10. The molecule has 3 rings (SSSR count). The largest absolute Gasteiger partial charge is 0.486 e. The zero-order chi connectivity index (χ0) is 15.4. The number of hydrogen-bond acceptors (Lipinski definition) is 4. The zero-order valence-corrected chi connectivity index (χ0v) is 11.7. The van der Waals surface area contributed by atoms with E-state index < -0.39 is 5.92 Å². The molecule has 0 amide bonds.